The van der Waals surface area contributed by atoms with E-state index in [2.05, 4.69) is 21.0 Å². The molecule has 0 atom stereocenters. The number of anilines is 4. The fourth-order valence-electron chi connectivity index (χ4n) is 2.24. The van der Waals surface area contributed by atoms with E-state index < -0.39 is 0 Å². The molecule has 0 aliphatic rings. The number of aromatic nitrogens is 3. The van der Waals surface area contributed by atoms with Gasteiger partial charge in [-0.3, -0.25) is 0 Å². The zero-order valence-corrected chi connectivity index (χ0v) is 13.5. The van der Waals surface area contributed by atoms with Crippen molar-refractivity contribution in [1.82, 2.24) is 15.0 Å². The summed E-state index contributed by atoms with van der Waals surface area (Å²) in [7, 11) is 3.79. The fourth-order valence-corrected chi connectivity index (χ4v) is 2.24. The predicted octanol–water partition coefficient (Wildman–Crippen LogP) is 3.28. The van der Waals surface area contributed by atoms with Gasteiger partial charge in [-0.2, -0.15) is 10.2 Å². The van der Waals surface area contributed by atoms with Gasteiger partial charge in [0, 0.05) is 25.5 Å². The molecule has 0 N–H and O–H groups in total. The Bertz CT molecular complexity index is 855. The second-order valence-corrected chi connectivity index (χ2v) is 5.20. The van der Waals surface area contributed by atoms with Gasteiger partial charge >= 0.3 is 0 Å². The molecule has 0 saturated carbocycles. The number of nitriles is 1. The summed E-state index contributed by atoms with van der Waals surface area (Å²) in [5.74, 6) is 1.10. The maximum atomic E-state index is 8.89. The quantitative estimate of drug-likeness (QED) is 0.736. The van der Waals surface area contributed by atoms with E-state index in [1.165, 1.54) is 6.33 Å². The zero-order valence-electron chi connectivity index (χ0n) is 13.5. The highest BCUT2D eigenvalue weighted by Gasteiger charge is 2.12. The van der Waals surface area contributed by atoms with Crippen molar-refractivity contribution in [3.63, 3.8) is 0 Å². The first-order chi connectivity index (χ1) is 11.7. The molecule has 118 valence electrons. The molecule has 0 aliphatic heterocycles. The lowest BCUT2D eigenvalue weighted by Gasteiger charge is -2.20. The summed E-state index contributed by atoms with van der Waals surface area (Å²) in [6.07, 6.45) is 1.50. The van der Waals surface area contributed by atoms with Crippen molar-refractivity contribution in [1.29, 1.82) is 5.26 Å². The van der Waals surface area contributed by atoms with Gasteiger partial charge in [-0.1, -0.05) is 18.2 Å². The van der Waals surface area contributed by atoms with E-state index in [1.807, 2.05) is 66.4 Å². The van der Waals surface area contributed by atoms with Crippen molar-refractivity contribution in [2.75, 3.05) is 23.9 Å². The van der Waals surface area contributed by atoms with Crippen LogP contribution in [0.15, 0.2) is 60.9 Å². The molecule has 24 heavy (non-hydrogen) atoms. The molecule has 6 nitrogen and oxygen atoms in total. The van der Waals surface area contributed by atoms with Crippen molar-refractivity contribution in [3.8, 4) is 6.07 Å². The molecule has 0 aliphatic carbocycles. The summed E-state index contributed by atoms with van der Waals surface area (Å²) in [6.45, 7) is 0. The van der Waals surface area contributed by atoms with Gasteiger partial charge in [0.25, 0.3) is 0 Å². The van der Waals surface area contributed by atoms with Gasteiger partial charge < -0.3 is 9.80 Å². The average Bonchev–Trinajstić information content (AvgIpc) is 2.67. The minimum atomic E-state index is 0.535. The molecular weight excluding hydrogens is 300 g/mol. The van der Waals surface area contributed by atoms with Crippen LogP contribution in [0.2, 0.25) is 0 Å². The Balaban J connectivity index is 1.88. The van der Waals surface area contributed by atoms with Gasteiger partial charge in [0.15, 0.2) is 0 Å². The first-order valence-corrected chi connectivity index (χ1v) is 7.41. The Hall–Kier alpha value is -3.46. The maximum Gasteiger partial charge on any atom is 0.234 e. The molecule has 6 heteroatoms. The van der Waals surface area contributed by atoms with Crippen LogP contribution in [0.25, 0.3) is 0 Å². The van der Waals surface area contributed by atoms with Crippen molar-refractivity contribution in [2.24, 2.45) is 0 Å². The van der Waals surface area contributed by atoms with Crippen molar-refractivity contribution >= 4 is 23.3 Å². The second kappa shape index (κ2) is 6.75. The second-order valence-electron chi connectivity index (χ2n) is 5.20. The lowest BCUT2D eigenvalue weighted by atomic mass is 10.2. The normalized spacial score (nSPS) is 10.0. The van der Waals surface area contributed by atoms with Crippen LogP contribution in [0.1, 0.15) is 5.56 Å². The van der Waals surface area contributed by atoms with Crippen LogP contribution in [0.5, 0.6) is 0 Å². The topological polar surface area (TPSA) is 68.9 Å². The van der Waals surface area contributed by atoms with E-state index >= 15 is 0 Å². The third-order valence-corrected chi connectivity index (χ3v) is 3.67. The van der Waals surface area contributed by atoms with Crippen molar-refractivity contribution in [3.05, 3.63) is 66.5 Å². The van der Waals surface area contributed by atoms with Crippen molar-refractivity contribution < 1.29 is 0 Å². The van der Waals surface area contributed by atoms with E-state index in [1.54, 1.807) is 12.1 Å². The summed E-state index contributed by atoms with van der Waals surface area (Å²) >= 11 is 0. The monoisotopic (exact) mass is 316 g/mol. The molecule has 1 aromatic heterocycles. The maximum absolute atomic E-state index is 8.89. The standard InChI is InChI=1S/C18H16N6/c1-23(15-6-4-3-5-7-15)17-20-13-21-18(22-17)24(2)16-10-8-14(12-19)9-11-16/h3-11,13H,1-2H3. The molecule has 0 saturated heterocycles. The lowest BCUT2D eigenvalue weighted by Crippen LogP contribution is -2.18. The Labute approximate surface area is 140 Å². The molecule has 3 rings (SSSR count). The van der Waals surface area contributed by atoms with Gasteiger partial charge in [0.2, 0.25) is 11.9 Å². The Morgan fingerprint density at radius 3 is 1.88 bits per heavy atom. The van der Waals surface area contributed by atoms with E-state index in [0.717, 1.165) is 11.4 Å². The summed E-state index contributed by atoms with van der Waals surface area (Å²) in [5.41, 5.74) is 2.51. The van der Waals surface area contributed by atoms with E-state index in [4.69, 9.17) is 5.26 Å². The van der Waals surface area contributed by atoms with Gasteiger partial charge in [-0.15, -0.1) is 0 Å². The molecular formula is C18H16N6. The first-order valence-electron chi connectivity index (χ1n) is 7.41. The third-order valence-electron chi connectivity index (χ3n) is 3.67. The molecule has 0 radical (unpaired) electrons. The molecule has 0 unspecified atom stereocenters. The molecule has 0 bridgehead atoms. The zero-order chi connectivity index (χ0) is 16.9. The van der Waals surface area contributed by atoms with Crippen LogP contribution in [0.3, 0.4) is 0 Å². The number of benzene rings is 2. The number of para-hydroxylation sites is 1. The number of hydrogen-bond donors (Lipinski definition) is 0. The first kappa shape index (κ1) is 15.4. The smallest absolute Gasteiger partial charge is 0.234 e. The van der Waals surface area contributed by atoms with E-state index in [-0.39, 0.29) is 0 Å². The molecule has 2 aromatic carbocycles. The summed E-state index contributed by atoms with van der Waals surface area (Å²) in [6, 6.07) is 19.3. The third kappa shape index (κ3) is 3.15. The van der Waals surface area contributed by atoms with E-state index in [9.17, 15) is 0 Å². The number of nitrogens with zero attached hydrogens (tertiary/aromatic N) is 6. The molecule has 0 amide bonds. The number of rotatable bonds is 4. The van der Waals surface area contributed by atoms with Crippen LogP contribution in [-0.4, -0.2) is 29.0 Å². The molecule has 0 spiro atoms. The minimum Gasteiger partial charge on any atom is -0.313 e. The summed E-state index contributed by atoms with van der Waals surface area (Å²) in [5, 5.41) is 8.89. The van der Waals surface area contributed by atoms with Crippen molar-refractivity contribution in [2.45, 2.75) is 0 Å². The van der Waals surface area contributed by atoms with Gasteiger partial charge in [0.1, 0.15) is 6.33 Å². The molecule has 0 fully saturated rings. The van der Waals surface area contributed by atoms with Crippen LogP contribution >= 0.6 is 0 Å². The Kier molecular flexibility index (Phi) is 4.34. The lowest BCUT2D eigenvalue weighted by molar-refractivity contribution is 0.950. The number of hydrogen-bond acceptors (Lipinski definition) is 6. The largest absolute Gasteiger partial charge is 0.313 e. The van der Waals surface area contributed by atoms with Gasteiger partial charge in [-0.05, 0) is 36.4 Å². The highest BCUT2D eigenvalue weighted by atomic mass is 15.3. The van der Waals surface area contributed by atoms with Crippen LogP contribution in [-0.2, 0) is 0 Å². The highest BCUT2D eigenvalue weighted by Crippen LogP contribution is 2.23. The van der Waals surface area contributed by atoms with Crippen LogP contribution in [0, 0.1) is 11.3 Å². The van der Waals surface area contributed by atoms with Gasteiger partial charge in [-0.25, -0.2) is 9.97 Å². The molecule has 3 aromatic rings. The minimum absolute atomic E-state index is 0.535. The van der Waals surface area contributed by atoms with Crippen LogP contribution < -0.4 is 9.80 Å². The van der Waals surface area contributed by atoms with E-state index in [0.29, 0.717) is 17.5 Å². The fraction of sp³-hybridized carbons (Fsp3) is 0.111. The Morgan fingerprint density at radius 2 is 1.33 bits per heavy atom. The SMILES string of the molecule is CN(c1ccccc1)c1ncnc(N(C)c2ccc(C#N)cc2)n1. The Morgan fingerprint density at radius 1 is 0.792 bits per heavy atom. The van der Waals surface area contributed by atoms with Crippen LogP contribution in [0.4, 0.5) is 23.3 Å². The van der Waals surface area contributed by atoms with Gasteiger partial charge in [0.05, 0.1) is 11.6 Å². The summed E-state index contributed by atoms with van der Waals surface area (Å²) in [4.78, 5) is 16.8. The highest BCUT2D eigenvalue weighted by molar-refractivity contribution is 5.60. The predicted molar refractivity (Wildman–Crippen MR) is 93.6 cm³/mol. The molecule has 1 heterocycles. The summed E-state index contributed by atoms with van der Waals surface area (Å²) < 4.78 is 0. The average molecular weight is 316 g/mol.